The van der Waals surface area contributed by atoms with Gasteiger partial charge < -0.3 is 5.11 Å². The number of nitrogens with one attached hydrogen (secondary N) is 1. The Kier molecular flexibility index (Phi) is 3.77. The first-order chi connectivity index (χ1) is 8.90. The number of benzene rings is 2. The van der Waals surface area contributed by atoms with Crippen molar-refractivity contribution in [3.05, 3.63) is 52.8 Å². The minimum atomic E-state index is -3.95. The Morgan fingerprint density at radius 3 is 2.47 bits per heavy atom. The molecule has 0 amide bonds. The smallest absolute Gasteiger partial charge is 0.262 e. The summed E-state index contributed by atoms with van der Waals surface area (Å²) in [5.74, 6) is -0.885. The Labute approximate surface area is 118 Å². The van der Waals surface area contributed by atoms with Crippen molar-refractivity contribution in [2.45, 2.75) is 4.90 Å². The van der Waals surface area contributed by atoms with Crippen LogP contribution in [0.1, 0.15) is 0 Å². The van der Waals surface area contributed by atoms with E-state index in [0.29, 0.717) is 0 Å². The molecule has 0 saturated heterocycles. The molecule has 0 aliphatic rings. The number of phenolic OH excluding ortho intramolecular Hbond substituents is 1. The van der Waals surface area contributed by atoms with Gasteiger partial charge in [0, 0.05) is 0 Å². The second-order valence-corrected chi connectivity index (χ2v) is 6.24. The molecule has 100 valence electrons. The van der Waals surface area contributed by atoms with E-state index >= 15 is 0 Å². The van der Waals surface area contributed by atoms with Gasteiger partial charge in [-0.05, 0) is 46.3 Å². The lowest BCUT2D eigenvalue weighted by Crippen LogP contribution is -2.13. The number of hydrogen-bond donors (Lipinski definition) is 2. The maximum atomic E-state index is 13.3. The molecule has 0 fully saturated rings. The maximum Gasteiger partial charge on any atom is 0.262 e. The normalized spacial score (nSPS) is 11.3. The van der Waals surface area contributed by atoms with Crippen LogP contribution in [0.3, 0.4) is 0 Å². The summed E-state index contributed by atoms with van der Waals surface area (Å²) in [6, 6.07) is 9.34. The summed E-state index contributed by atoms with van der Waals surface area (Å²) in [6.45, 7) is 0. The molecular formula is C12H9BrFNO3S. The van der Waals surface area contributed by atoms with Gasteiger partial charge in [-0.2, -0.15) is 0 Å². The molecule has 0 bridgehead atoms. The SMILES string of the molecule is O=S(=O)(Nc1ccccc1O)c1ccc(Br)c(F)c1. The Hall–Kier alpha value is -1.60. The second-order valence-electron chi connectivity index (χ2n) is 3.70. The van der Waals surface area contributed by atoms with Crippen LogP contribution in [-0.4, -0.2) is 13.5 Å². The molecule has 0 radical (unpaired) electrons. The third kappa shape index (κ3) is 3.05. The number of phenols is 1. The van der Waals surface area contributed by atoms with E-state index in [0.717, 1.165) is 6.07 Å². The van der Waals surface area contributed by atoms with Gasteiger partial charge in [0.25, 0.3) is 10.0 Å². The van der Waals surface area contributed by atoms with E-state index in [9.17, 15) is 17.9 Å². The first-order valence-corrected chi connectivity index (χ1v) is 7.43. The highest BCUT2D eigenvalue weighted by atomic mass is 79.9. The van der Waals surface area contributed by atoms with Crippen molar-refractivity contribution in [2.75, 3.05) is 4.72 Å². The highest BCUT2D eigenvalue weighted by molar-refractivity contribution is 9.10. The lowest BCUT2D eigenvalue weighted by Gasteiger charge is -2.09. The fraction of sp³-hybridized carbons (Fsp3) is 0. The molecule has 0 spiro atoms. The third-order valence-corrected chi connectivity index (χ3v) is 4.36. The number of para-hydroxylation sites is 2. The van der Waals surface area contributed by atoms with E-state index in [-0.39, 0.29) is 20.8 Å². The summed E-state index contributed by atoms with van der Waals surface area (Å²) >= 11 is 2.94. The van der Waals surface area contributed by atoms with Crippen LogP contribution in [0.4, 0.5) is 10.1 Å². The van der Waals surface area contributed by atoms with E-state index in [1.54, 1.807) is 12.1 Å². The average Bonchev–Trinajstić information content (AvgIpc) is 2.35. The summed E-state index contributed by atoms with van der Waals surface area (Å²) in [5.41, 5.74) is 0.0332. The molecule has 0 atom stereocenters. The van der Waals surface area contributed by atoms with Gasteiger partial charge in [-0.15, -0.1) is 0 Å². The van der Waals surface area contributed by atoms with Gasteiger partial charge in [0.15, 0.2) is 0 Å². The van der Waals surface area contributed by atoms with E-state index < -0.39 is 15.8 Å². The number of halogens is 2. The number of aromatic hydroxyl groups is 1. The van der Waals surface area contributed by atoms with E-state index in [4.69, 9.17) is 0 Å². The van der Waals surface area contributed by atoms with Crippen molar-refractivity contribution < 1.29 is 17.9 Å². The fourth-order valence-electron chi connectivity index (χ4n) is 1.41. The number of rotatable bonds is 3. The third-order valence-electron chi connectivity index (χ3n) is 2.35. The average molecular weight is 346 g/mol. The number of sulfonamides is 1. The van der Waals surface area contributed by atoms with Crippen molar-refractivity contribution in [2.24, 2.45) is 0 Å². The van der Waals surface area contributed by atoms with Gasteiger partial charge in [0.2, 0.25) is 0 Å². The zero-order chi connectivity index (χ0) is 14.0. The Bertz CT molecular complexity index is 719. The number of anilines is 1. The van der Waals surface area contributed by atoms with Crippen LogP contribution in [-0.2, 0) is 10.0 Å². The van der Waals surface area contributed by atoms with Gasteiger partial charge in [-0.3, -0.25) is 4.72 Å². The predicted molar refractivity (Wildman–Crippen MR) is 73.0 cm³/mol. The lowest BCUT2D eigenvalue weighted by molar-refractivity contribution is 0.477. The highest BCUT2D eigenvalue weighted by Gasteiger charge is 2.17. The van der Waals surface area contributed by atoms with E-state index in [1.165, 1.54) is 24.3 Å². The fourth-order valence-corrected chi connectivity index (χ4v) is 2.74. The highest BCUT2D eigenvalue weighted by Crippen LogP contribution is 2.26. The minimum Gasteiger partial charge on any atom is -0.506 e. The van der Waals surface area contributed by atoms with Gasteiger partial charge in [-0.25, -0.2) is 12.8 Å². The largest absolute Gasteiger partial charge is 0.506 e. The molecule has 0 aliphatic heterocycles. The standard InChI is InChI=1S/C12H9BrFNO3S/c13-9-6-5-8(7-10(9)14)19(17,18)15-11-3-1-2-4-12(11)16/h1-7,15-16H. The summed E-state index contributed by atoms with van der Waals surface area (Å²) in [5, 5.41) is 9.51. The molecule has 0 heterocycles. The molecule has 2 aromatic rings. The molecular weight excluding hydrogens is 337 g/mol. The summed E-state index contributed by atoms with van der Waals surface area (Å²) < 4.78 is 39.7. The molecule has 2 N–H and O–H groups in total. The van der Waals surface area contributed by atoms with Crippen LogP contribution in [0.5, 0.6) is 5.75 Å². The summed E-state index contributed by atoms with van der Waals surface area (Å²) in [7, 11) is -3.95. The van der Waals surface area contributed by atoms with Gasteiger partial charge in [0.1, 0.15) is 11.6 Å². The number of hydrogen-bond acceptors (Lipinski definition) is 3. The van der Waals surface area contributed by atoms with Crippen LogP contribution in [0.15, 0.2) is 51.8 Å². The van der Waals surface area contributed by atoms with Crippen LogP contribution < -0.4 is 4.72 Å². The second kappa shape index (κ2) is 5.18. The molecule has 0 unspecified atom stereocenters. The molecule has 0 aromatic heterocycles. The zero-order valence-corrected chi connectivity index (χ0v) is 11.9. The molecule has 19 heavy (non-hydrogen) atoms. The van der Waals surface area contributed by atoms with Crippen LogP contribution in [0, 0.1) is 5.82 Å². The van der Waals surface area contributed by atoms with Crippen molar-refractivity contribution in [3.8, 4) is 5.75 Å². The molecule has 0 aliphatic carbocycles. The maximum absolute atomic E-state index is 13.3. The quantitative estimate of drug-likeness (QED) is 0.840. The van der Waals surface area contributed by atoms with Gasteiger partial charge in [-0.1, -0.05) is 12.1 Å². The molecule has 2 aromatic carbocycles. The summed E-state index contributed by atoms with van der Waals surface area (Å²) in [4.78, 5) is -0.226. The van der Waals surface area contributed by atoms with Crippen molar-refractivity contribution in [1.82, 2.24) is 0 Å². The van der Waals surface area contributed by atoms with Gasteiger partial charge >= 0.3 is 0 Å². The van der Waals surface area contributed by atoms with E-state index in [1.807, 2.05) is 0 Å². The summed E-state index contributed by atoms with van der Waals surface area (Å²) in [6.07, 6.45) is 0. The predicted octanol–water partition coefficient (Wildman–Crippen LogP) is 3.09. The lowest BCUT2D eigenvalue weighted by atomic mass is 10.3. The van der Waals surface area contributed by atoms with Crippen LogP contribution in [0.2, 0.25) is 0 Å². The van der Waals surface area contributed by atoms with E-state index in [2.05, 4.69) is 20.7 Å². The van der Waals surface area contributed by atoms with Gasteiger partial charge in [0.05, 0.1) is 15.1 Å². The zero-order valence-electron chi connectivity index (χ0n) is 9.47. The van der Waals surface area contributed by atoms with Crippen LogP contribution in [0.25, 0.3) is 0 Å². The molecule has 7 heteroatoms. The Balaban J connectivity index is 2.38. The molecule has 4 nitrogen and oxygen atoms in total. The van der Waals surface area contributed by atoms with Crippen molar-refractivity contribution >= 4 is 31.6 Å². The molecule has 0 saturated carbocycles. The monoisotopic (exact) mass is 345 g/mol. The van der Waals surface area contributed by atoms with Crippen molar-refractivity contribution in [1.29, 1.82) is 0 Å². The first kappa shape index (κ1) is 13.8. The topological polar surface area (TPSA) is 66.4 Å². The molecule has 2 rings (SSSR count). The minimum absolute atomic E-state index is 0.0332. The van der Waals surface area contributed by atoms with Crippen molar-refractivity contribution in [3.63, 3.8) is 0 Å². The Morgan fingerprint density at radius 1 is 1.16 bits per heavy atom. The Morgan fingerprint density at radius 2 is 1.84 bits per heavy atom. The first-order valence-electron chi connectivity index (χ1n) is 5.16. The van der Waals surface area contributed by atoms with Crippen LogP contribution >= 0.6 is 15.9 Å².